The van der Waals surface area contributed by atoms with Crippen LogP contribution in [-0.4, -0.2) is 37.1 Å². The lowest BCUT2D eigenvalue weighted by Gasteiger charge is -2.22. The number of hydrogen-bond acceptors (Lipinski definition) is 4. The van der Waals surface area contributed by atoms with Gasteiger partial charge in [0.1, 0.15) is 18.5 Å². The Kier molecular flexibility index (Phi) is 6.95. The molecule has 0 fully saturated rings. The Morgan fingerprint density at radius 2 is 2.00 bits per heavy atom. The second kappa shape index (κ2) is 7.98. The Morgan fingerprint density at radius 3 is 2.60 bits per heavy atom. The van der Waals surface area contributed by atoms with Gasteiger partial charge in [0.15, 0.2) is 0 Å². The average molecular weight is 346 g/mol. The van der Waals surface area contributed by atoms with Crippen molar-refractivity contribution in [3.63, 3.8) is 0 Å². The number of halogens is 1. The molecule has 0 heterocycles. The molecule has 20 heavy (non-hydrogen) atoms. The zero-order chi connectivity index (χ0) is 15.2. The summed E-state index contributed by atoms with van der Waals surface area (Å²) in [7, 11) is 1.56. The predicted molar refractivity (Wildman–Crippen MR) is 84.1 cm³/mol. The van der Waals surface area contributed by atoms with E-state index in [1.165, 1.54) is 0 Å². The molecule has 114 valence electrons. The van der Waals surface area contributed by atoms with Crippen molar-refractivity contribution >= 4 is 15.9 Å². The first kappa shape index (κ1) is 17.4. The van der Waals surface area contributed by atoms with Gasteiger partial charge in [0.05, 0.1) is 11.1 Å². The minimum atomic E-state index is -0.629. The van der Waals surface area contributed by atoms with E-state index < -0.39 is 6.10 Å². The van der Waals surface area contributed by atoms with Crippen molar-refractivity contribution in [2.24, 2.45) is 0 Å². The van der Waals surface area contributed by atoms with E-state index in [1.54, 1.807) is 7.11 Å². The van der Waals surface area contributed by atoms with Gasteiger partial charge in [0.25, 0.3) is 0 Å². The lowest BCUT2D eigenvalue weighted by Crippen LogP contribution is -2.35. The van der Waals surface area contributed by atoms with Crippen molar-refractivity contribution in [2.45, 2.75) is 39.0 Å². The zero-order valence-electron chi connectivity index (χ0n) is 12.6. The molecule has 5 heteroatoms. The van der Waals surface area contributed by atoms with Gasteiger partial charge in [-0.3, -0.25) is 0 Å². The van der Waals surface area contributed by atoms with Crippen molar-refractivity contribution in [1.29, 1.82) is 0 Å². The van der Waals surface area contributed by atoms with Crippen LogP contribution in [0.4, 0.5) is 0 Å². The van der Waals surface area contributed by atoms with Crippen LogP contribution in [0.25, 0.3) is 0 Å². The summed E-state index contributed by atoms with van der Waals surface area (Å²) in [6, 6.07) is 5.92. The minimum Gasteiger partial charge on any atom is -0.489 e. The standard InChI is InChI=1S/C15H24BrNO3/c1-15(2,3)17-8-11-6-5-7-13(16)14(11)20-10-12(18)9-19-4/h5-7,12,17-18H,8-10H2,1-4H3. The van der Waals surface area contributed by atoms with Crippen LogP contribution >= 0.6 is 15.9 Å². The number of benzene rings is 1. The van der Waals surface area contributed by atoms with Crippen LogP contribution in [0.2, 0.25) is 0 Å². The molecule has 0 radical (unpaired) electrons. The summed E-state index contributed by atoms with van der Waals surface area (Å²) in [5.41, 5.74) is 1.09. The smallest absolute Gasteiger partial charge is 0.138 e. The Morgan fingerprint density at radius 1 is 1.30 bits per heavy atom. The van der Waals surface area contributed by atoms with Gasteiger partial charge >= 0.3 is 0 Å². The highest BCUT2D eigenvalue weighted by atomic mass is 79.9. The molecule has 4 nitrogen and oxygen atoms in total. The number of aliphatic hydroxyl groups is 1. The molecule has 2 N–H and O–H groups in total. The van der Waals surface area contributed by atoms with Crippen LogP contribution in [0.1, 0.15) is 26.3 Å². The summed E-state index contributed by atoms with van der Waals surface area (Å²) in [5.74, 6) is 0.763. The topological polar surface area (TPSA) is 50.7 Å². The third kappa shape index (κ3) is 6.22. The number of ether oxygens (including phenoxy) is 2. The van der Waals surface area contributed by atoms with Crippen LogP contribution in [0.15, 0.2) is 22.7 Å². The molecule has 0 spiro atoms. The van der Waals surface area contributed by atoms with Gasteiger partial charge in [-0.25, -0.2) is 0 Å². The van der Waals surface area contributed by atoms with Gasteiger partial charge in [-0.1, -0.05) is 12.1 Å². The molecule has 1 unspecified atom stereocenters. The van der Waals surface area contributed by atoms with Crippen LogP contribution in [0.5, 0.6) is 5.75 Å². The van der Waals surface area contributed by atoms with E-state index >= 15 is 0 Å². The van der Waals surface area contributed by atoms with Crippen molar-refractivity contribution in [1.82, 2.24) is 5.32 Å². The van der Waals surface area contributed by atoms with Gasteiger partial charge in [0.2, 0.25) is 0 Å². The van der Waals surface area contributed by atoms with Crippen LogP contribution in [-0.2, 0) is 11.3 Å². The lowest BCUT2D eigenvalue weighted by atomic mass is 10.1. The molecule has 0 aliphatic rings. The van der Waals surface area contributed by atoms with Crippen molar-refractivity contribution in [3.05, 3.63) is 28.2 Å². The van der Waals surface area contributed by atoms with Gasteiger partial charge in [-0.2, -0.15) is 0 Å². The summed E-state index contributed by atoms with van der Waals surface area (Å²) >= 11 is 3.49. The summed E-state index contributed by atoms with van der Waals surface area (Å²) in [4.78, 5) is 0. The zero-order valence-corrected chi connectivity index (χ0v) is 14.2. The molecular formula is C15H24BrNO3. The van der Waals surface area contributed by atoms with Crippen molar-refractivity contribution < 1.29 is 14.6 Å². The molecular weight excluding hydrogens is 322 g/mol. The van der Waals surface area contributed by atoms with Gasteiger partial charge in [-0.05, 0) is 42.8 Å². The fourth-order valence-corrected chi connectivity index (χ4v) is 2.16. The third-order valence-electron chi connectivity index (χ3n) is 2.64. The van der Waals surface area contributed by atoms with Crippen LogP contribution in [0, 0.1) is 0 Å². The summed E-state index contributed by atoms with van der Waals surface area (Å²) in [6.07, 6.45) is -0.629. The van der Waals surface area contributed by atoms with E-state index in [2.05, 4.69) is 42.0 Å². The van der Waals surface area contributed by atoms with E-state index in [9.17, 15) is 5.11 Å². The van der Waals surface area contributed by atoms with Gasteiger partial charge < -0.3 is 19.9 Å². The highest BCUT2D eigenvalue weighted by Crippen LogP contribution is 2.29. The number of aliphatic hydroxyl groups excluding tert-OH is 1. The third-order valence-corrected chi connectivity index (χ3v) is 3.26. The van der Waals surface area contributed by atoms with Crippen LogP contribution < -0.4 is 10.1 Å². The molecule has 0 amide bonds. The van der Waals surface area contributed by atoms with E-state index in [-0.39, 0.29) is 18.8 Å². The maximum Gasteiger partial charge on any atom is 0.138 e. The minimum absolute atomic E-state index is 0.0369. The number of nitrogens with one attached hydrogen (secondary N) is 1. The molecule has 0 aliphatic carbocycles. The molecule has 0 saturated heterocycles. The summed E-state index contributed by atoms with van der Waals surface area (Å²) < 4.78 is 11.5. The monoisotopic (exact) mass is 345 g/mol. The number of para-hydroxylation sites is 1. The number of hydrogen-bond donors (Lipinski definition) is 2. The summed E-state index contributed by atoms with van der Waals surface area (Å²) in [6.45, 7) is 7.53. The Bertz CT molecular complexity index is 418. The molecule has 1 rings (SSSR count). The van der Waals surface area contributed by atoms with E-state index in [1.807, 2.05) is 18.2 Å². The maximum absolute atomic E-state index is 9.67. The van der Waals surface area contributed by atoms with Crippen molar-refractivity contribution in [3.8, 4) is 5.75 Å². The first-order valence-corrected chi connectivity index (χ1v) is 7.45. The van der Waals surface area contributed by atoms with Crippen molar-refractivity contribution in [2.75, 3.05) is 20.3 Å². The molecule has 0 saturated carbocycles. The summed E-state index contributed by atoms with van der Waals surface area (Å²) in [5, 5.41) is 13.1. The average Bonchev–Trinajstić information content (AvgIpc) is 2.34. The normalized spacial score (nSPS) is 13.3. The quantitative estimate of drug-likeness (QED) is 0.797. The van der Waals surface area contributed by atoms with E-state index in [4.69, 9.17) is 9.47 Å². The lowest BCUT2D eigenvalue weighted by molar-refractivity contribution is 0.0321. The molecule has 1 aromatic carbocycles. The molecule has 1 aromatic rings. The largest absolute Gasteiger partial charge is 0.489 e. The molecule has 0 bridgehead atoms. The highest BCUT2D eigenvalue weighted by Gasteiger charge is 2.14. The number of methoxy groups -OCH3 is 1. The van der Waals surface area contributed by atoms with E-state index in [0.29, 0.717) is 6.54 Å². The Balaban J connectivity index is 2.72. The fraction of sp³-hybridized carbons (Fsp3) is 0.600. The fourth-order valence-electron chi connectivity index (χ4n) is 1.63. The first-order chi connectivity index (χ1) is 9.33. The number of rotatable bonds is 7. The Hall–Kier alpha value is -0.620. The second-order valence-electron chi connectivity index (χ2n) is 5.75. The molecule has 1 atom stereocenters. The molecule has 0 aromatic heterocycles. The first-order valence-electron chi connectivity index (χ1n) is 6.65. The van der Waals surface area contributed by atoms with Gasteiger partial charge in [-0.15, -0.1) is 0 Å². The maximum atomic E-state index is 9.67. The predicted octanol–water partition coefficient (Wildman–Crippen LogP) is 2.72. The SMILES string of the molecule is COCC(O)COc1c(Br)cccc1CNC(C)(C)C. The second-order valence-corrected chi connectivity index (χ2v) is 6.61. The van der Waals surface area contributed by atoms with E-state index in [0.717, 1.165) is 15.8 Å². The van der Waals surface area contributed by atoms with Gasteiger partial charge in [0, 0.05) is 24.8 Å². The highest BCUT2D eigenvalue weighted by molar-refractivity contribution is 9.10. The van der Waals surface area contributed by atoms with Crippen LogP contribution in [0.3, 0.4) is 0 Å². The Labute approximate surface area is 129 Å². The molecule has 0 aliphatic heterocycles.